The first-order valence-electron chi connectivity index (χ1n) is 8.18. The second-order valence-corrected chi connectivity index (χ2v) is 7.53. The lowest BCUT2D eigenvalue weighted by atomic mass is 10.2. The minimum atomic E-state index is -3.72. The van der Waals surface area contributed by atoms with Gasteiger partial charge in [-0.25, -0.2) is 13.1 Å². The molecule has 1 saturated heterocycles. The van der Waals surface area contributed by atoms with Gasteiger partial charge in [-0.05, 0) is 31.5 Å². The summed E-state index contributed by atoms with van der Waals surface area (Å²) in [6.07, 6.45) is 2.25. The van der Waals surface area contributed by atoms with Crippen molar-refractivity contribution in [1.82, 2.24) is 15.4 Å². The average molecular weight is 408 g/mol. The fourth-order valence-corrected chi connectivity index (χ4v) is 3.67. The first-order valence-corrected chi connectivity index (χ1v) is 9.66. The zero-order valence-electron chi connectivity index (χ0n) is 14.9. The van der Waals surface area contributed by atoms with Gasteiger partial charge in [-0.3, -0.25) is 4.79 Å². The summed E-state index contributed by atoms with van der Waals surface area (Å²) in [5, 5.41) is 6.10. The van der Waals surface area contributed by atoms with E-state index in [4.69, 9.17) is 9.47 Å². The Kier molecular flexibility index (Phi) is 9.14. The van der Waals surface area contributed by atoms with Gasteiger partial charge in [0.25, 0.3) is 0 Å². The van der Waals surface area contributed by atoms with Crippen molar-refractivity contribution in [3.8, 4) is 11.5 Å². The number of amides is 1. The van der Waals surface area contributed by atoms with Gasteiger partial charge < -0.3 is 20.1 Å². The van der Waals surface area contributed by atoms with Crippen LogP contribution < -0.4 is 24.8 Å². The number of rotatable bonds is 9. The van der Waals surface area contributed by atoms with Crippen molar-refractivity contribution in [2.24, 2.45) is 0 Å². The van der Waals surface area contributed by atoms with Crippen LogP contribution in [0.3, 0.4) is 0 Å². The number of carbonyl (C=O) groups is 1. The maximum absolute atomic E-state index is 12.3. The lowest BCUT2D eigenvalue weighted by Crippen LogP contribution is -2.38. The van der Waals surface area contributed by atoms with Crippen LogP contribution in [0.2, 0.25) is 0 Å². The SMILES string of the molecule is COc1ccc(S(=O)(=O)NCCC(=O)NCC2CCCN2)cc1OC.Cl. The largest absolute Gasteiger partial charge is 0.493 e. The molecule has 3 N–H and O–H groups in total. The van der Waals surface area contributed by atoms with Crippen LogP contribution in [0.25, 0.3) is 0 Å². The molecule has 0 aliphatic carbocycles. The minimum Gasteiger partial charge on any atom is -0.493 e. The van der Waals surface area contributed by atoms with E-state index in [-0.39, 0.29) is 36.2 Å². The molecule has 10 heteroatoms. The summed E-state index contributed by atoms with van der Waals surface area (Å²) in [6, 6.07) is 4.64. The zero-order chi connectivity index (χ0) is 18.3. The highest BCUT2D eigenvalue weighted by Crippen LogP contribution is 2.29. The van der Waals surface area contributed by atoms with Crippen molar-refractivity contribution >= 4 is 28.3 Å². The number of ether oxygens (including phenoxy) is 2. The number of sulfonamides is 1. The first kappa shape index (κ1) is 22.5. The average Bonchev–Trinajstić information content (AvgIpc) is 3.12. The predicted octanol–water partition coefficient (Wildman–Crippen LogP) is 0.662. The van der Waals surface area contributed by atoms with E-state index in [0.717, 1.165) is 19.4 Å². The van der Waals surface area contributed by atoms with Gasteiger partial charge in [0.05, 0.1) is 19.1 Å². The predicted molar refractivity (Wildman–Crippen MR) is 101 cm³/mol. The molecule has 0 radical (unpaired) electrons. The molecule has 8 nitrogen and oxygen atoms in total. The fourth-order valence-electron chi connectivity index (χ4n) is 2.62. The monoisotopic (exact) mass is 407 g/mol. The smallest absolute Gasteiger partial charge is 0.240 e. The van der Waals surface area contributed by atoms with Gasteiger partial charge in [-0.1, -0.05) is 0 Å². The van der Waals surface area contributed by atoms with Crippen LogP contribution in [0.15, 0.2) is 23.1 Å². The van der Waals surface area contributed by atoms with Crippen molar-refractivity contribution in [2.45, 2.75) is 30.2 Å². The summed E-state index contributed by atoms with van der Waals surface area (Å²) in [6.45, 7) is 1.58. The maximum Gasteiger partial charge on any atom is 0.240 e. The molecule has 1 aliphatic heterocycles. The number of nitrogens with one attached hydrogen (secondary N) is 3. The minimum absolute atomic E-state index is 0. The van der Waals surface area contributed by atoms with Crippen LogP contribution in [0.4, 0.5) is 0 Å². The number of halogens is 1. The van der Waals surface area contributed by atoms with Gasteiger partial charge in [-0.15, -0.1) is 12.4 Å². The standard InChI is InChI=1S/C16H25N3O5S.ClH/c1-23-14-6-5-13(10-15(14)24-2)25(21,22)19-9-7-16(20)18-11-12-4-3-8-17-12;/h5-6,10,12,17,19H,3-4,7-9,11H2,1-2H3,(H,18,20);1H. The molecule has 1 unspecified atom stereocenters. The lowest BCUT2D eigenvalue weighted by Gasteiger charge is -2.12. The Morgan fingerprint density at radius 3 is 2.62 bits per heavy atom. The van der Waals surface area contributed by atoms with Crippen molar-refractivity contribution in [1.29, 1.82) is 0 Å². The second-order valence-electron chi connectivity index (χ2n) is 5.76. The highest BCUT2D eigenvalue weighted by molar-refractivity contribution is 7.89. The normalized spacial score (nSPS) is 16.6. The Balaban J connectivity index is 0.00000338. The molecule has 1 aromatic carbocycles. The molecule has 0 spiro atoms. The summed E-state index contributed by atoms with van der Waals surface area (Å²) >= 11 is 0. The first-order chi connectivity index (χ1) is 12.0. The summed E-state index contributed by atoms with van der Waals surface area (Å²) in [5.41, 5.74) is 0. The highest BCUT2D eigenvalue weighted by atomic mass is 35.5. The van der Waals surface area contributed by atoms with E-state index in [2.05, 4.69) is 15.4 Å². The fraction of sp³-hybridized carbons (Fsp3) is 0.562. The second kappa shape index (κ2) is 10.6. The molecule has 1 atom stereocenters. The summed E-state index contributed by atoms with van der Waals surface area (Å²) in [7, 11) is -0.810. The maximum atomic E-state index is 12.3. The topological polar surface area (TPSA) is 106 Å². The molecule has 1 heterocycles. The number of carbonyl (C=O) groups excluding carboxylic acids is 1. The van der Waals surface area contributed by atoms with Gasteiger partial charge >= 0.3 is 0 Å². The van der Waals surface area contributed by atoms with Crippen LogP contribution >= 0.6 is 12.4 Å². The summed E-state index contributed by atoms with van der Waals surface area (Å²) in [4.78, 5) is 11.9. The molecule has 0 aromatic heterocycles. The van der Waals surface area contributed by atoms with Crippen molar-refractivity contribution < 1.29 is 22.7 Å². The summed E-state index contributed by atoms with van der Waals surface area (Å²) in [5.74, 6) is 0.595. The van der Waals surface area contributed by atoms with Crippen LogP contribution in [-0.4, -0.2) is 54.2 Å². The number of hydrogen-bond donors (Lipinski definition) is 3. The van der Waals surface area contributed by atoms with E-state index < -0.39 is 10.0 Å². The van der Waals surface area contributed by atoms with E-state index in [1.165, 1.54) is 32.4 Å². The van der Waals surface area contributed by atoms with E-state index in [1.54, 1.807) is 0 Å². The molecule has 1 aliphatic rings. The van der Waals surface area contributed by atoms with E-state index >= 15 is 0 Å². The molecule has 0 bridgehead atoms. The Bertz CT molecular complexity index is 693. The Labute approximate surface area is 160 Å². The van der Waals surface area contributed by atoms with Gasteiger partial charge in [0.2, 0.25) is 15.9 Å². The van der Waals surface area contributed by atoms with E-state index in [1.807, 2.05) is 0 Å². The van der Waals surface area contributed by atoms with Gasteiger partial charge in [0.1, 0.15) is 0 Å². The molecular formula is C16H26ClN3O5S. The third-order valence-corrected chi connectivity index (χ3v) is 5.48. The molecule has 0 saturated carbocycles. The molecule has 148 valence electrons. The van der Waals surface area contributed by atoms with Crippen LogP contribution in [0, 0.1) is 0 Å². The Hall–Kier alpha value is -1.55. The highest BCUT2D eigenvalue weighted by Gasteiger charge is 2.18. The molecule has 1 aromatic rings. The summed E-state index contributed by atoms with van der Waals surface area (Å²) < 4.78 is 37.2. The van der Waals surface area contributed by atoms with Crippen molar-refractivity contribution in [3.63, 3.8) is 0 Å². The van der Waals surface area contributed by atoms with Gasteiger partial charge in [0, 0.05) is 31.6 Å². The third kappa shape index (κ3) is 6.31. The third-order valence-electron chi connectivity index (χ3n) is 4.02. The number of hydrogen-bond acceptors (Lipinski definition) is 6. The molecule has 2 rings (SSSR count). The number of methoxy groups -OCH3 is 2. The molecule has 1 fully saturated rings. The van der Waals surface area contributed by atoms with Crippen LogP contribution in [0.5, 0.6) is 11.5 Å². The molecule has 26 heavy (non-hydrogen) atoms. The Morgan fingerprint density at radius 1 is 1.27 bits per heavy atom. The molecular weight excluding hydrogens is 382 g/mol. The Morgan fingerprint density at radius 2 is 2.00 bits per heavy atom. The van der Waals surface area contributed by atoms with Crippen molar-refractivity contribution in [3.05, 3.63) is 18.2 Å². The number of benzene rings is 1. The van der Waals surface area contributed by atoms with Gasteiger partial charge in [0.15, 0.2) is 11.5 Å². The van der Waals surface area contributed by atoms with E-state index in [9.17, 15) is 13.2 Å². The van der Waals surface area contributed by atoms with Crippen molar-refractivity contribution in [2.75, 3.05) is 33.9 Å². The van der Waals surface area contributed by atoms with Gasteiger partial charge in [-0.2, -0.15) is 0 Å². The zero-order valence-corrected chi connectivity index (χ0v) is 16.5. The van der Waals surface area contributed by atoms with E-state index in [0.29, 0.717) is 24.1 Å². The lowest BCUT2D eigenvalue weighted by molar-refractivity contribution is -0.121. The molecule has 1 amide bonds. The van der Waals surface area contributed by atoms with Crippen LogP contribution in [0.1, 0.15) is 19.3 Å². The van der Waals surface area contributed by atoms with Crippen LogP contribution in [-0.2, 0) is 14.8 Å². The quantitative estimate of drug-likeness (QED) is 0.555.